The van der Waals surface area contributed by atoms with Crippen molar-refractivity contribution in [2.45, 2.75) is 33.2 Å². The minimum absolute atomic E-state index is 0.135. The molecule has 128 valence electrons. The van der Waals surface area contributed by atoms with E-state index in [-0.39, 0.29) is 5.91 Å². The maximum absolute atomic E-state index is 13.0. The first-order valence-electron chi connectivity index (χ1n) is 8.20. The van der Waals surface area contributed by atoms with E-state index in [4.69, 9.17) is 4.52 Å². The van der Waals surface area contributed by atoms with Crippen LogP contribution in [0.3, 0.4) is 0 Å². The Kier molecular flexibility index (Phi) is 3.79. The van der Waals surface area contributed by atoms with Gasteiger partial charge in [0.15, 0.2) is 11.5 Å². The van der Waals surface area contributed by atoms with E-state index in [1.807, 2.05) is 32.2 Å². The van der Waals surface area contributed by atoms with E-state index in [0.717, 1.165) is 29.8 Å². The highest BCUT2D eigenvalue weighted by Gasteiger charge is 2.27. The SMILES string of the molecule is Cc1cc(Cn2nnc(C(=O)N3CCCc4cnccc43)c2C)on1. The summed E-state index contributed by atoms with van der Waals surface area (Å²) in [7, 11) is 0. The Morgan fingerprint density at radius 3 is 3.04 bits per heavy atom. The molecule has 25 heavy (non-hydrogen) atoms. The zero-order valence-corrected chi connectivity index (χ0v) is 14.1. The molecule has 4 heterocycles. The zero-order chi connectivity index (χ0) is 17.4. The first-order valence-corrected chi connectivity index (χ1v) is 8.20. The van der Waals surface area contributed by atoms with Crippen molar-refractivity contribution in [3.63, 3.8) is 0 Å². The number of aromatic nitrogens is 5. The minimum atomic E-state index is -0.135. The fourth-order valence-electron chi connectivity index (χ4n) is 3.11. The fourth-order valence-corrected chi connectivity index (χ4v) is 3.11. The molecule has 0 fully saturated rings. The molecule has 4 rings (SSSR count). The summed E-state index contributed by atoms with van der Waals surface area (Å²) in [6.07, 6.45) is 5.38. The lowest BCUT2D eigenvalue weighted by atomic mass is 10.0. The number of hydrogen-bond donors (Lipinski definition) is 0. The van der Waals surface area contributed by atoms with Crippen LogP contribution in [0.4, 0.5) is 5.69 Å². The molecular weight excluding hydrogens is 320 g/mol. The predicted octanol–water partition coefficient (Wildman–Crippen LogP) is 1.92. The summed E-state index contributed by atoms with van der Waals surface area (Å²) < 4.78 is 6.87. The van der Waals surface area contributed by atoms with Gasteiger partial charge in [-0.25, -0.2) is 4.68 Å². The molecule has 0 saturated carbocycles. The van der Waals surface area contributed by atoms with Crippen LogP contribution >= 0.6 is 0 Å². The molecule has 1 amide bonds. The molecule has 0 bridgehead atoms. The number of nitrogens with zero attached hydrogens (tertiary/aromatic N) is 6. The summed E-state index contributed by atoms with van der Waals surface area (Å²) in [5, 5.41) is 12.1. The molecule has 3 aromatic rings. The maximum atomic E-state index is 13.0. The number of aryl methyl sites for hydroxylation is 2. The van der Waals surface area contributed by atoms with Gasteiger partial charge in [-0.2, -0.15) is 0 Å². The third-order valence-corrected chi connectivity index (χ3v) is 4.41. The van der Waals surface area contributed by atoms with Crippen molar-refractivity contribution in [1.29, 1.82) is 0 Å². The minimum Gasteiger partial charge on any atom is -0.359 e. The number of carbonyl (C=O) groups is 1. The molecule has 0 radical (unpaired) electrons. The summed E-state index contributed by atoms with van der Waals surface area (Å²) in [5.41, 5.74) is 3.87. The van der Waals surface area contributed by atoms with Gasteiger partial charge in [0.25, 0.3) is 5.91 Å². The van der Waals surface area contributed by atoms with E-state index < -0.39 is 0 Å². The summed E-state index contributed by atoms with van der Waals surface area (Å²) in [6, 6.07) is 3.72. The predicted molar refractivity (Wildman–Crippen MR) is 89.3 cm³/mol. The second-order valence-electron chi connectivity index (χ2n) is 6.18. The first-order chi connectivity index (χ1) is 12.1. The molecular formula is C17H18N6O2. The normalized spacial score (nSPS) is 13.8. The van der Waals surface area contributed by atoms with Crippen molar-refractivity contribution in [3.8, 4) is 0 Å². The number of rotatable bonds is 3. The van der Waals surface area contributed by atoms with Crippen LogP contribution in [0.1, 0.15) is 39.6 Å². The molecule has 0 N–H and O–H groups in total. The lowest BCUT2D eigenvalue weighted by Crippen LogP contribution is -2.36. The highest BCUT2D eigenvalue weighted by Crippen LogP contribution is 2.27. The lowest BCUT2D eigenvalue weighted by molar-refractivity contribution is 0.0979. The van der Waals surface area contributed by atoms with Crippen LogP contribution in [-0.4, -0.2) is 37.6 Å². The molecule has 8 heteroatoms. The van der Waals surface area contributed by atoms with Gasteiger partial charge >= 0.3 is 0 Å². The average Bonchev–Trinajstić information content (AvgIpc) is 3.20. The van der Waals surface area contributed by atoms with Crippen LogP contribution in [0, 0.1) is 13.8 Å². The van der Waals surface area contributed by atoms with Crippen molar-refractivity contribution in [2.75, 3.05) is 11.4 Å². The first kappa shape index (κ1) is 15.5. The Labute approximate surface area is 144 Å². The second-order valence-corrected chi connectivity index (χ2v) is 6.18. The summed E-state index contributed by atoms with van der Waals surface area (Å²) in [6.45, 7) is 4.77. The molecule has 0 atom stereocenters. The standard InChI is InChI=1S/C17H18N6O2/c1-11-8-14(25-20-11)10-23-12(2)16(19-21-23)17(24)22-7-3-4-13-9-18-6-5-15(13)22/h5-6,8-9H,3-4,7,10H2,1-2H3. The van der Waals surface area contributed by atoms with E-state index in [9.17, 15) is 4.79 Å². The monoisotopic (exact) mass is 338 g/mol. The fraction of sp³-hybridized carbons (Fsp3) is 0.353. The number of fused-ring (bicyclic) bond motifs is 1. The van der Waals surface area contributed by atoms with Crippen LogP contribution in [0.15, 0.2) is 29.0 Å². The number of hydrogen-bond acceptors (Lipinski definition) is 6. The zero-order valence-electron chi connectivity index (χ0n) is 14.1. The Morgan fingerprint density at radius 1 is 1.36 bits per heavy atom. The van der Waals surface area contributed by atoms with Crippen LogP contribution in [0.2, 0.25) is 0 Å². The van der Waals surface area contributed by atoms with Crippen molar-refractivity contribution in [3.05, 3.63) is 52.9 Å². The number of pyridine rings is 1. The molecule has 0 unspecified atom stereocenters. The van der Waals surface area contributed by atoms with Gasteiger partial charge in [-0.05, 0) is 38.3 Å². The summed E-state index contributed by atoms with van der Waals surface area (Å²) in [4.78, 5) is 18.9. The van der Waals surface area contributed by atoms with Crippen LogP contribution in [-0.2, 0) is 13.0 Å². The van der Waals surface area contributed by atoms with Gasteiger partial charge in [-0.15, -0.1) is 5.10 Å². The van der Waals surface area contributed by atoms with Crippen LogP contribution in [0.25, 0.3) is 0 Å². The largest absolute Gasteiger partial charge is 0.359 e. The Bertz CT molecular complexity index is 929. The third kappa shape index (κ3) is 2.79. The molecule has 3 aromatic heterocycles. The number of amides is 1. The maximum Gasteiger partial charge on any atom is 0.280 e. The molecule has 8 nitrogen and oxygen atoms in total. The molecule has 1 aliphatic heterocycles. The Hall–Kier alpha value is -3.03. The van der Waals surface area contributed by atoms with Crippen molar-refractivity contribution in [2.24, 2.45) is 0 Å². The van der Waals surface area contributed by atoms with Crippen molar-refractivity contribution >= 4 is 11.6 Å². The third-order valence-electron chi connectivity index (χ3n) is 4.41. The van der Waals surface area contributed by atoms with Gasteiger partial charge < -0.3 is 9.42 Å². The van der Waals surface area contributed by atoms with Gasteiger partial charge in [0, 0.05) is 25.0 Å². The molecule has 0 aliphatic carbocycles. The lowest BCUT2D eigenvalue weighted by Gasteiger charge is -2.28. The Balaban J connectivity index is 1.61. The highest BCUT2D eigenvalue weighted by atomic mass is 16.5. The van der Waals surface area contributed by atoms with Gasteiger partial charge in [0.1, 0.15) is 6.54 Å². The van der Waals surface area contributed by atoms with Gasteiger partial charge in [-0.1, -0.05) is 10.4 Å². The quantitative estimate of drug-likeness (QED) is 0.725. The molecule has 0 saturated heterocycles. The Morgan fingerprint density at radius 2 is 2.24 bits per heavy atom. The van der Waals surface area contributed by atoms with Gasteiger partial charge in [0.2, 0.25) is 0 Å². The van der Waals surface area contributed by atoms with Crippen molar-refractivity contribution < 1.29 is 9.32 Å². The van der Waals surface area contributed by atoms with Gasteiger partial charge in [-0.3, -0.25) is 9.78 Å². The highest BCUT2D eigenvalue weighted by molar-refractivity contribution is 6.06. The van der Waals surface area contributed by atoms with Crippen LogP contribution < -0.4 is 4.90 Å². The molecule has 1 aliphatic rings. The van der Waals surface area contributed by atoms with E-state index in [1.54, 1.807) is 15.8 Å². The summed E-state index contributed by atoms with van der Waals surface area (Å²) in [5.74, 6) is 0.545. The number of carbonyl (C=O) groups excluding carboxylic acids is 1. The second kappa shape index (κ2) is 6.12. The molecule has 0 spiro atoms. The van der Waals surface area contributed by atoms with Crippen LogP contribution in [0.5, 0.6) is 0 Å². The van der Waals surface area contributed by atoms with E-state index in [1.165, 1.54) is 0 Å². The van der Waals surface area contributed by atoms with Gasteiger partial charge in [0.05, 0.1) is 17.1 Å². The van der Waals surface area contributed by atoms with Crippen molar-refractivity contribution in [1.82, 2.24) is 25.1 Å². The number of anilines is 1. The van der Waals surface area contributed by atoms with E-state index >= 15 is 0 Å². The smallest absolute Gasteiger partial charge is 0.280 e. The molecule has 0 aromatic carbocycles. The van der Waals surface area contributed by atoms with E-state index in [0.29, 0.717) is 30.2 Å². The van der Waals surface area contributed by atoms with E-state index in [2.05, 4.69) is 20.5 Å². The topological polar surface area (TPSA) is 89.9 Å². The summed E-state index contributed by atoms with van der Waals surface area (Å²) >= 11 is 0. The average molecular weight is 338 g/mol.